The Morgan fingerprint density at radius 3 is 2.76 bits per heavy atom. The van der Waals surface area contributed by atoms with Crippen LogP contribution in [-0.2, 0) is 4.74 Å². The summed E-state index contributed by atoms with van der Waals surface area (Å²) in [5.41, 5.74) is 1.09. The molecule has 0 saturated carbocycles. The Labute approximate surface area is 100 Å². The lowest BCUT2D eigenvalue weighted by molar-refractivity contribution is 0.0600. The Kier molecular flexibility index (Phi) is 5.05. The number of benzene rings is 1. The summed E-state index contributed by atoms with van der Waals surface area (Å²) in [7, 11) is 2.83. The number of carbonyl (C=O) groups excluding carboxylic acids is 1. The van der Waals surface area contributed by atoms with Gasteiger partial charge in [-0.3, -0.25) is 0 Å². The maximum atomic E-state index is 11.3. The van der Waals surface area contributed by atoms with E-state index >= 15 is 0 Å². The second kappa shape index (κ2) is 6.56. The first kappa shape index (κ1) is 13.1. The highest BCUT2D eigenvalue weighted by molar-refractivity contribution is 5.90. The van der Waals surface area contributed by atoms with Crippen molar-refractivity contribution in [2.24, 2.45) is 0 Å². The summed E-state index contributed by atoms with van der Waals surface area (Å²) in [4.78, 5) is 11.3. The van der Waals surface area contributed by atoms with Crippen LogP contribution >= 0.6 is 0 Å². The molecule has 90 valence electrons. The van der Waals surface area contributed by atoms with Crippen LogP contribution in [0.1, 0.15) is 22.3 Å². The van der Waals surface area contributed by atoms with Crippen molar-refractivity contribution in [3.8, 4) is 17.6 Å². The molecule has 0 aliphatic carbocycles. The van der Waals surface area contributed by atoms with Crippen molar-refractivity contribution in [2.75, 3.05) is 20.8 Å². The van der Waals surface area contributed by atoms with Gasteiger partial charge in [-0.1, -0.05) is 11.8 Å². The van der Waals surface area contributed by atoms with Gasteiger partial charge in [-0.25, -0.2) is 4.79 Å². The number of aliphatic hydroxyl groups is 1. The van der Waals surface area contributed by atoms with Crippen LogP contribution in [-0.4, -0.2) is 31.9 Å². The second-order valence-electron chi connectivity index (χ2n) is 3.18. The van der Waals surface area contributed by atoms with Crippen LogP contribution in [0.15, 0.2) is 18.2 Å². The molecule has 0 fully saturated rings. The number of carbonyl (C=O) groups is 1. The molecule has 0 atom stereocenters. The molecular weight excluding hydrogens is 220 g/mol. The number of aliphatic hydroxyl groups excluding tert-OH is 1. The zero-order chi connectivity index (χ0) is 12.7. The van der Waals surface area contributed by atoms with Crippen molar-refractivity contribution in [1.82, 2.24) is 0 Å². The fraction of sp³-hybridized carbons (Fsp3) is 0.308. The fourth-order valence-electron chi connectivity index (χ4n) is 1.25. The van der Waals surface area contributed by atoms with E-state index in [1.807, 2.05) is 0 Å². The van der Waals surface area contributed by atoms with Crippen LogP contribution < -0.4 is 4.74 Å². The Balaban J connectivity index is 3.02. The molecule has 1 aromatic rings. The van der Waals surface area contributed by atoms with E-state index in [1.54, 1.807) is 18.2 Å². The van der Waals surface area contributed by atoms with Gasteiger partial charge in [-0.05, 0) is 18.2 Å². The van der Waals surface area contributed by atoms with E-state index in [2.05, 4.69) is 16.6 Å². The molecule has 0 amide bonds. The molecule has 4 heteroatoms. The molecular formula is C13H14O4. The first-order chi connectivity index (χ1) is 8.22. The van der Waals surface area contributed by atoms with E-state index in [0.29, 0.717) is 23.3 Å². The van der Waals surface area contributed by atoms with Gasteiger partial charge in [0.15, 0.2) is 0 Å². The summed E-state index contributed by atoms with van der Waals surface area (Å²) in [5, 5.41) is 8.62. The minimum Gasteiger partial charge on any atom is -0.495 e. The minimum absolute atomic E-state index is 0.0234. The molecule has 0 aromatic heterocycles. The van der Waals surface area contributed by atoms with E-state index in [9.17, 15) is 4.79 Å². The zero-order valence-corrected chi connectivity index (χ0v) is 9.82. The zero-order valence-electron chi connectivity index (χ0n) is 9.82. The summed E-state index contributed by atoms with van der Waals surface area (Å²) in [6.07, 6.45) is 0.405. The van der Waals surface area contributed by atoms with Crippen molar-refractivity contribution in [3.05, 3.63) is 29.3 Å². The number of hydrogen-bond donors (Lipinski definition) is 1. The Morgan fingerprint density at radius 2 is 2.18 bits per heavy atom. The normalized spacial score (nSPS) is 9.12. The van der Waals surface area contributed by atoms with E-state index in [-0.39, 0.29) is 6.61 Å². The maximum absolute atomic E-state index is 11.3. The van der Waals surface area contributed by atoms with Gasteiger partial charge in [0.1, 0.15) is 5.75 Å². The topological polar surface area (TPSA) is 55.8 Å². The number of rotatable bonds is 3. The van der Waals surface area contributed by atoms with Crippen LogP contribution in [0.5, 0.6) is 5.75 Å². The highest BCUT2D eigenvalue weighted by atomic mass is 16.5. The van der Waals surface area contributed by atoms with Crippen molar-refractivity contribution >= 4 is 5.97 Å². The van der Waals surface area contributed by atoms with Crippen molar-refractivity contribution < 1.29 is 19.4 Å². The van der Waals surface area contributed by atoms with Crippen molar-refractivity contribution in [1.29, 1.82) is 0 Å². The molecule has 0 aliphatic heterocycles. The summed E-state index contributed by atoms with van der Waals surface area (Å²) >= 11 is 0. The standard InChI is InChI=1S/C13H14O4/c1-16-12-9-11(13(15)17-2)7-6-10(12)5-3-4-8-14/h6-7,9,14H,4,8H2,1-2H3. The lowest BCUT2D eigenvalue weighted by atomic mass is 10.1. The maximum Gasteiger partial charge on any atom is 0.337 e. The molecule has 1 aromatic carbocycles. The Bertz CT molecular complexity index is 454. The summed E-state index contributed by atoms with van der Waals surface area (Å²) in [6, 6.07) is 4.89. The molecule has 0 unspecified atom stereocenters. The summed E-state index contributed by atoms with van der Waals surface area (Å²) in [6.45, 7) is 0.0234. The van der Waals surface area contributed by atoms with E-state index in [1.165, 1.54) is 14.2 Å². The highest BCUT2D eigenvalue weighted by Gasteiger charge is 2.08. The third-order valence-electron chi connectivity index (χ3n) is 2.08. The first-order valence-electron chi connectivity index (χ1n) is 5.09. The van der Waals surface area contributed by atoms with E-state index < -0.39 is 5.97 Å². The second-order valence-corrected chi connectivity index (χ2v) is 3.18. The van der Waals surface area contributed by atoms with Crippen molar-refractivity contribution in [2.45, 2.75) is 6.42 Å². The van der Waals surface area contributed by atoms with E-state index in [4.69, 9.17) is 9.84 Å². The first-order valence-corrected chi connectivity index (χ1v) is 5.09. The molecule has 0 saturated heterocycles. The number of methoxy groups -OCH3 is 2. The fourth-order valence-corrected chi connectivity index (χ4v) is 1.25. The lowest BCUT2D eigenvalue weighted by Gasteiger charge is -2.05. The Hall–Kier alpha value is -1.99. The molecule has 0 radical (unpaired) electrons. The van der Waals surface area contributed by atoms with Crippen LogP contribution in [0.3, 0.4) is 0 Å². The predicted octanol–water partition coefficient (Wildman–Crippen LogP) is 1.22. The quantitative estimate of drug-likeness (QED) is 0.631. The van der Waals surface area contributed by atoms with Gasteiger partial charge >= 0.3 is 5.97 Å². The van der Waals surface area contributed by atoms with Gasteiger partial charge in [0, 0.05) is 6.42 Å². The number of hydrogen-bond acceptors (Lipinski definition) is 4. The number of ether oxygens (including phenoxy) is 2. The van der Waals surface area contributed by atoms with Gasteiger partial charge in [0.25, 0.3) is 0 Å². The average Bonchev–Trinajstić information content (AvgIpc) is 2.38. The average molecular weight is 234 g/mol. The molecule has 0 spiro atoms. The van der Waals surface area contributed by atoms with Gasteiger partial charge in [-0.15, -0.1) is 0 Å². The van der Waals surface area contributed by atoms with Crippen LogP contribution in [0.25, 0.3) is 0 Å². The van der Waals surface area contributed by atoms with E-state index in [0.717, 1.165) is 0 Å². The third kappa shape index (κ3) is 3.51. The summed E-state index contributed by atoms with van der Waals surface area (Å²) in [5.74, 6) is 5.75. The van der Waals surface area contributed by atoms with Crippen LogP contribution in [0, 0.1) is 11.8 Å². The van der Waals surface area contributed by atoms with Gasteiger partial charge in [-0.2, -0.15) is 0 Å². The van der Waals surface area contributed by atoms with Crippen LogP contribution in [0.4, 0.5) is 0 Å². The molecule has 4 nitrogen and oxygen atoms in total. The minimum atomic E-state index is -0.418. The SMILES string of the molecule is COC(=O)c1ccc(C#CCCO)c(OC)c1. The van der Waals surface area contributed by atoms with Gasteiger partial charge < -0.3 is 14.6 Å². The predicted molar refractivity (Wildman–Crippen MR) is 62.9 cm³/mol. The molecule has 0 aliphatic rings. The number of esters is 1. The lowest BCUT2D eigenvalue weighted by Crippen LogP contribution is -2.02. The van der Waals surface area contributed by atoms with Crippen molar-refractivity contribution in [3.63, 3.8) is 0 Å². The smallest absolute Gasteiger partial charge is 0.337 e. The molecule has 1 N–H and O–H groups in total. The molecule has 17 heavy (non-hydrogen) atoms. The molecule has 0 bridgehead atoms. The van der Waals surface area contributed by atoms with Crippen LogP contribution in [0.2, 0.25) is 0 Å². The largest absolute Gasteiger partial charge is 0.495 e. The molecule has 1 rings (SSSR count). The third-order valence-corrected chi connectivity index (χ3v) is 2.08. The monoisotopic (exact) mass is 234 g/mol. The highest BCUT2D eigenvalue weighted by Crippen LogP contribution is 2.19. The summed E-state index contributed by atoms with van der Waals surface area (Å²) < 4.78 is 9.75. The van der Waals surface area contributed by atoms with Gasteiger partial charge in [0.05, 0.1) is 32.0 Å². The Morgan fingerprint density at radius 1 is 1.41 bits per heavy atom. The molecule has 0 heterocycles. The van der Waals surface area contributed by atoms with Gasteiger partial charge in [0.2, 0.25) is 0 Å².